The van der Waals surface area contributed by atoms with E-state index >= 15 is 0 Å². The highest BCUT2D eigenvalue weighted by atomic mass is 16.3. The number of aliphatic hydroxyl groups excluding tert-OH is 1. The molecule has 0 atom stereocenters. The predicted molar refractivity (Wildman–Crippen MR) is 35.3 cm³/mol. The van der Waals surface area contributed by atoms with Crippen molar-refractivity contribution < 1.29 is 9.90 Å². The molecule has 1 aromatic rings. The molecule has 6 nitrogen and oxygen atoms in total. The number of rotatable bonds is 3. The molecule has 0 aliphatic rings. The van der Waals surface area contributed by atoms with Gasteiger partial charge in [0.05, 0.1) is 12.7 Å². The lowest BCUT2D eigenvalue weighted by Gasteiger charge is -1.97. The summed E-state index contributed by atoms with van der Waals surface area (Å²) in [6.07, 6.45) is 1.50. The number of nitrogens with zero attached hydrogens (tertiary/aromatic N) is 2. The average molecular weight is 156 g/mol. The molecule has 0 unspecified atom stereocenters. The van der Waals surface area contributed by atoms with Crippen molar-refractivity contribution in [1.82, 2.24) is 20.7 Å². The molecule has 0 radical (unpaired) electrons. The van der Waals surface area contributed by atoms with Crippen LogP contribution in [0.1, 0.15) is 5.69 Å². The van der Waals surface area contributed by atoms with Gasteiger partial charge in [-0.1, -0.05) is 0 Å². The Bertz CT molecular complexity index is 220. The molecule has 60 valence electrons. The fourth-order valence-corrected chi connectivity index (χ4v) is 0.556. The third-order valence-electron chi connectivity index (χ3n) is 1.08. The van der Waals surface area contributed by atoms with Crippen molar-refractivity contribution in [2.45, 2.75) is 6.54 Å². The molecular weight excluding hydrogens is 148 g/mol. The smallest absolute Gasteiger partial charge is 0.246 e. The minimum atomic E-state index is -0.502. The Morgan fingerprint density at radius 2 is 2.64 bits per heavy atom. The monoisotopic (exact) mass is 156 g/mol. The van der Waals surface area contributed by atoms with Crippen molar-refractivity contribution in [3.05, 3.63) is 11.9 Å². The van der Waals surface area contributed by atoms with E-state index in [4.69, 9.17) is 5.11 Å². The molecule has 3 N–H and O–H groups in total. The van der Waals surface area contributed by atoms with E-state index in [9.17, 15) is 4.79 Å². The van der Waals surface area contributed by atoms with Gasteiger partial charge in [0, 0.05) is 0 Å². The minimum absolute atomic E-state index is 0.288. The van der Waals surface area contributed by atoms with Crippen molar-refractivity contribution in [2.75, 3.05) is 6.61 Å². The Hall–Kier alpha value is -1.43. The second-order valence-corrected chi connectivity index (χ2v) is 1.90. The summed E-state index contributed by atoms with van der Waals surface area (Å²) in [5.74, 6) is -0.423. The second kappa shape index (κ2) is 3.67. The van der Waals surface area contributed by atoms with Gasteiger partial charge in [-0.05, 0) is 0 Å². The van der Waals surface area contributed by atoms with E-state index in [1.54, 1.807) is 0 Å². The topological polar surface area (TPSA) is 90.9 Å². The molecule has 6 heteroatoms. The molecular formula is C5H8N4O2. The first-order valence-electron chi connectivity index (χ1n) is 3.05. The number of aromatic amines is 1. The summed E-state index contributed by atoms with van der Waals surface area (Å²) in [6.45, 7) is -0.215. The lowest BCUT2D eigenvalue weighted by Crippen LogP contribution is -2.25. The van der Waals surface area contributed by atoms with Crippen LogP contribution in [0.15, 0.2) is 6.20 Å². The molecule has 1 rings (SSSR count). The van der Waals surface area contributed by atoms with Gasteiger partial charge in [0.1, 0.15) is 12.3 Å². The highest BCUT2D eigenvalue weighted by molar-refractivity contribution is 5.76. The lowest BCUT2D eigenvalue weighted by molar-refractivity contribution is -0.123. The van der Waals surface area contributed by atoms with E-state index < -0.39 is 12.5 Å². The second-order valence-electron chi connectivity index (χ2n) is 1.90. The maximum Gasteiger partial charge on any atom is 0.246 e. The molecule has 0 aliphatic carbocycles. The third-order valence-corrected chi connectivity index (χ3v) is 1.08. The fourth-order valence-electron chi connectivity index (χ4n) is 0.556. The van der Waals surface area contributed by atoms with Crippen LogP contribution in [-0.2, 0) is 11.3 Å². The predicted octanol–water partition coefficient (Wildman–Crippen LogP) is -1.59. The number of aromatic nitrogens is 3. The zero-order valence-electron chi connectivity index (χ0n) is 5.74. The first-order chi connectivity index (χ1) is 5.33. The van der Waals surface area contributed by atoms with Crippen LogP contribution in [0.4, 0.5) is 0 Å². The maximum atomic E-state index is 10.5. The number of aliphatic hydroxyl groups is 1. The molecule has 1 aromatic heterocycles. The van der Waals surface area contributed by atoms with Crippen molar-refractivity contribution in [3.63, 3.8) is 0 Å². The van der Waals surface area contributed by atoms with Crippen LogP contribution >= 0.6 is 0 Å². The Labute approximate surface area is 62.6 Å². The van der Waals surface area contributed by atoms with Gasteiger partial charge in [-0.2, -0.15) is 15.4 Å². The molecule has 0 bridgehead atoms. The molecule has 0 spiro atoms. The Morgan fingerprint density at radius 3 is 3.18 bits per heavy atom. The zero-order chi connectivity index (χ0) is 8.10. The minimum Gasteiger partial charge on any atom is -0.387 e. The lowest BCUT2D eigenvalue weighted by atomic mass is 10.4. The number of nitrogens with one attached hydrogen (secondary N) is 2. The van der Waals surface area contributed by atoms with Gasteiger partial charge >= 0.3 is 0 Å². The largest absolute Gasteiger partial charge is 0.387 e. The molecule has 0 aromatic carbocycles. The Kier molecular flexibility index (Phi) is 2.56. The summed E-state index contributed by atoms with van der Waals surface area (Å²) in [5, 5.41) is 20.4. The number of carbonyl (C=O) groups is 1. The van der Waals surface area contributed by atoms with Crippen molar-refractivity contribution in [3.8, 4) is 0 Å². The Balaban J connectivity index is 2.29. The molecule has 0 fully saturated rings. The van der Waals surface area contributed by atoms with Gasteiger partial charge in [-0.25, -0.2) is 0 Å². The van der Waals surface area contributed by atoms with Crippen molar-refractivity contribution in [1.29, 1.82) is 0 Å². The summed E-state index contributed by atoms with van der Waals surface area (Å²) in [4.78, 5) is 10.5. The first kappa shape index (κ1) is 7.67. The first-order valence-corrected chi connectivity index (χ1v) is 3.05. The summed E-state index contributed by atoms with van der Waals surface area (Å²) in [6, 6.07) is 0. The number of amides is 1. The number of hydrogen-bond acceptors (Lipinski definition) is 4. The molecule has 0 aliphatic heterocycles. The number of H-pyrrole nitrogens is 1. The molecule has 0 saturated heterocycles. The normalized spacial score (nSPS) is 9.55. The fraction of sp³-hybridized carbons (Fsp3) is 0.400. The van der Waals surface area contributed by atoms with Gasteiger partial charge in [-0.15, -0.1) is 0 Å². The van der Waals surface area contributed by atoms with Crippen LogP contribution < -0.4 is 5.32 Å². The van der Waals surface area contributed by atoms with E-state index in [1.807, 2.05) is 0 Å². The third kappa shape index (κ3) is 2.34. The van der Waals surface area contributed by atoms with Gasteiger partial charge in [0.15, 0.2) is 0 Å². The van der Waals surface area contributed by atoms with Crippen LogP contribution in [-0.4, -0.2) is 33.0 Å². The van der Waals surface area contributed by atoms with Crippen LogP contribution in [0.5, 0.6) is 0 Å². The summed E-state index contributed by atoms with van der Waals surface area (Å²) in [5.41, 5.74) is 0.631. The average Bonchev–Trinajstić information content (AvgIpc) is 2.52. The summed E-state index contributed by atoms with van der Waals surface area (Å²) in [7, 11) is 0. The quantitative estimate of drug-likeness (QED) is 0.492. The molecule has 0 saturated carbocycles. The van der Waals surface area contributed by atoms with Crippen LogP contribution in [0.25, 0.3) is 0 Å². The molecule has 1 heterocycles. The summed E-state index contributed by atoms with van der Waals surface area (Å²) < 4.78 is 0. The van der Waals surface area contributed by atoms with Crippen molar-refractivity contribution >= 4 is 5.91 Å². The van der Waals surface area contributed by atoms with E-state index in [0.29, 0.717) is 5.69 Å². The van der Waals surface area contributed by atoms with Crippen LogP contribution in [0.2, 0.25) is 0 Å². The Morgan fingerprint density at radius 1 is 1.82 bits per heavy atom. The van der Waals surface area contributed by atoms with E-state index in [1.165, 1.54) is 6.20 Å². The standard InChI is InChI=1S/C5H8N4O2/c10-3-5(11)6-1-4-2-7-9-8-4/h2,10H,1,3H2,(H,6,11)(H,7,8,9). The van der Waals surface area contributed by atoms with Crippen molar-refractivity contribution in [2.24, 2.45) is 0 Å². The number of carbonyl (C=O) groups excluding carboxylic acids is 1. The van der Waals surface area contributed by atoms with Gasteiger partial charge in [0.25, 0.3) is 0 Å². The maximum absolute atomic E-state index is 10.5. The van der Waals surface area contributed by atoms with Gasteiger partial charge in [-0.3, -0.25) is 4.79 Å². The summed E-state index contributed by atoms with van der Waals surface area (Å²) >= 11 is 0. The van der Waals surface area contributed by atoms with E-state index in [2.05, 4.69) is 20.7 Å². The van der Waals surface area contributed by atoms with E-state index in [0.717, 1.165) is 0 Å². The van der Waals surface area contributed by atoms with E-state index in [-0.39, 0.29) is 6.54 Å². The molecule has 1 amide bonds. The highest BCUT2D eigenvalue weighted by Gasteiger charge is 1.98. The zero-order valence-corrected chi connectivity index (χ0v) is 5.74. The van der Waals surface area contributed by atoms with Gasteiger partial charge < -0.3 is 10.4 Å². The SMILES string of the molecule is O=C(CO)NCc1cn[nH]n1. The van der Waals surface area contributed by atoms with Gasteiger partial charge in [0.2, 0.25) is 5.91 Å². The highest BCUT2D eigenvalue weighted by Crippen LogP contribution is 1.85. The molecule has 11 heavy (non-hydrogen) atoms. The number of hydrogen-bond donors (Lipinski definition) is 3. The van der Waals surface area contributed by atoms with Crippen LogP contribution in [0.3, 0.4) is 0 Å². The van der Waals surface area contributed by atoms with Crippen LogP contribution in [0, 0.1) is 0 Å².